The minimum Gasteiger partial charge on any atom is -0.481 e. The molecule has 3 rings (SSSR count). The third kappa shape index (κ3) is 4.56. The summed E-state index contributed by atoms with van der Waals surface area (Å²) < 4.78 is 0. The maximum Gasteiger partial charge on any atom is 0.303 e. The van der Waals surface area contributed by atoms with Crippen molar-refractivity contribution in [1.82, 2.24) is 14.9 Å². The van der Waals surface area contributed by atoms with Gasteiger partial charge >= 0.3 is 5.97 Å². The number of carbonyl (C=O) groups excluding carboxylic acids is 1. The van der Waals surface area contributed by atoms with Crippen molar-refractivity contribution in [2.75, 3.05) is 31.6 Å². The Morgan fingerprint density at radius 1 is 1.36 bits per heavy atom. The Labute approximate surface area is 163 Å². The summed E-state index contributed by atoms with van der Waals surface area (Å²) in [7, 11) is 1.61. The summed E-state index contributed by atoms with van der Waals surface area (Å²) in [5.41, 5.74) is 1.68. The third-order valence-corrected chi connectivity index (χ3v) is 5.12. The molecule has 8 nitrogen and oxygen atoms in total. The summed E-state index contributed by atoms with van der Waals surface area (Å²) in [6.07, 6.45) is 4.60. The molecule has 8 heteroatoms. The number of carboxylic acids is 1. The van der Waals surface area contributed by atoms with E-state index in [9.17, 15) is 14.7 Å². The second kappa shape index (κ2) is 8.10. The lowest BCUT2D eigenvalue weighted by Gasteiger charge is -2.42. The Balaban J connectivity index is 1.77. The number of likely N-dealkylation sites (N-methyl/N-ethyl adjacent to an activating group) is 1. The number of fused-ring (bicyclic) bond motifs is 1. The van der Waals surface area contributed by atoms with E-state index < -0.39 is 11.6 Å². The summed E-state index contributed by atoms with van der Waals surface area (Å²) in [5.74, 6) is -1.28. The number of aromatic nitrogens is 2. The van der Waals surface area contributed by atoms with Gasteiger partial charge in [0.1, 0.15) is 0 Å². The molecule has 0 aliphatic carbocycles. The highest BCUT2D eigenvalue weighted by molar-refractivity contribution is 5.91. The van der Waals surface area contributed by atoms with Gasteiger partial charge in [-0.1, -0.05) is 0 Å². The van der Waals surface area contributed by atoms with Crippen molar-refractivity contribution >= 4 is 28.5 Å². The Kier molecular flexibility index (Phi) is 5.79. The average Bonchev–Trinajstić information content (AvgIpc) is 2.64. The molecule has 2 aromatic rings. The lowest BCUT2D eigenvalue weighted by molar-refractivity contribution is -0.141. The van der Waals surface area contributed by atoms with E-state index in [0.717, 1.165) is 35.2 Å². The second-order valence-electron chi connectivity index (χ2n) is 7.57. The van der Waals surface area contributed by atoms with Crippen LogP contribution < -0.4 is 4.90 Å². The number of aliphatic hydroxyl groups is 1. The minimum atomic E-state index is -1.06. The number of pyridine rings is 2. The van der Waals surface area contributed by atoms with Crippen LogP contribution >= 0.6 is 0 Å². The van der Waals surface area contributed by atoms with Crippen molar-refractivity contribution in [3.8, 4) is 0 Å². The number of β-amino-alcohol motifs (C(OH)–C–C–N with tert-alkyl or cyclic N) is 1. The van der Waals surface area contributed by atoms with E-state index in [1.165, 1.54) is 4.90 Å². The van der Waals surface area contributed by atoms with Crippen molar-refractivity contribution < 1.29 is 19.8 Å². The molecule has 2 aromatic heterocycles. The maximum absolute atomic E-state index is 12.2. The van der Waals surface area contributed by atoms with Crippen molar-refractivity contribution in [1.29, 1.82) is 0 Å². The molecule has 28 heavy (non-hydrogen) atoms. The Hall–Kier alpha value is -2.74. The number of aryl methyl sites for hydroxylation is 1. The lowest BCUT2D eigenvalue weighted by Crippen LogP contribution is -2.54. The van der Waals surface area contributed by atoms with Crippen LogP contribution in [0.25, 0.3) is 10.9 Å². The summed E-state index contributed by atoms with van der Waals surface area (Å²) in [4.78, 5) is 35.1. The second-order valence-corrected chi connectivity index (χ2v) is 7.57. The first-order valence-corrected chi connectivity index (χ1v) is 9.42. The molecule has 1 fully saturated rings. The SMILES string of the molecule is Cc1cc(N2CCCC(O)(CN(C)C(=O)CCC(=O)O)C2)c2cnccc2n1. The fourth-order valence-electron chi connectivity index (χ4n) is 3.82. The molecule has 0 spiro atoms. The fraction of sp³-hybridized carbons (Fsp3) is 0.500. The van der Waals surface area contributed by atoms with Crippen molar-refractivity contribution in [2.45, 2.75) is 38.2 Å². The molecule has 1 unspecified atom stereocenters. The predicted molar refractivity (Wildman–Crippen MR) is 105 cm³/mol. The van der Waals surface area contributed by atoms with Crippen molar-refractivity contribution in [3.05, 3.63) is 30.2 Å². The molecule has 1 amide bonds. The van der Waals surface area contributed by atoms with Gasteiger partial charge in [0, 0.05) is 55.7 Å². The first kappa shape index (κ1) is 20.0. The van der Waals surface area contributed by atoms with Gasteiger partial charge in [0.05, 0.1) is 24.1 Å². The molecule has 150 valence electrons. The van der Waals surface area contributed by atoms with Crippen molar-refractivity contribution in [2.24, 2.45) is 0 Å². The van der Waals surface area contributed by atoms with Gasteiger partial charge < -0.3 is 20.0 Å². The number of carboxylic acid groups (broad SMARTS) is 1. The molecule has 1 aliphatic heterocycles. The summed E-state index contributed by atoms with van der Waals surface area (Å²) in [5, 5.41) is 20.8. The first-order valence-electron chi connectivity index (χ1n) is 9.42. The van der Waals surface area contributed by atoms with Gasteiger partial charge in [-0.15, -0.1) is 0 Å². The van der Waals surface area contributed by atoms with E-state index in [-0.39, 0.29) is 25.3 Å². The zero-order valence-corrected chi connectivity index (χ0v) is 16.3. The number of amides is 1. The number of hydrogen-bond donors (Lipinski definition) is 2. The van der Waals surface area contributed by atoms with E-state index in [4.69, 9.17) is 5.11 Å². The van der Waals surface area contributed by atoms with Gasteiger partial charge in [0.25, 0.3) is 0 Å². The van der Waals surface area contributed by atoms with Crippen molar-refractivity contribution in [3.63, 3.8) is 0 Å². The molecule has 0 aromatic carbocycles. The van der Waals surface area contributed by atoms with Crippen LogP contribution in [0.3, 0.4) is 0 Å². The van der Waals surface area contributed by atoms with Gasteiger partial charge in [-0.25, -0.2) is 0 Å². The molecule has 2 N–H and O–H groups in total. The molecule has 3 heterocycles. The minimum absolute atomic E-state index is 0.0640. The van der Waals surface area contributed by atoms with Gasteiger partial charge in [-0.3, -0.25) is 19.6 Å². The van der Waals surface area contributed by atoms with Crippen LogP contribution in [0.1, 0.15) is 31.4 Å². The third-order valence-electron chi connectivity index (χ3n) is 5.12. The zero-order chi connectivity index (χ0) is 20.3. The van der Waals surface area contributed by atoms with E-state index in [0.29, 0.717) is 13.0 Å². The highest BCUT2D eigenvalue weighted by Crippen LogP contribution is 2.31. The van der Waals surface area contributed by atoms with E-state index in [1.54, 1.807) is 19.4 Å². The van der Waals surface area contributed by atoms with E-state index >= 15 is 0 Å². The topological polar surface area (TPSA) is 107 Å². The van der Waals surface area contributed by atoms with Crippen LogP contribution in [-0.4, -0.2) is 69.2 Å². The van der Waals surface area contributed by atoms with Gasteiger partial charge in [-0.05, 0) is 31.9 Å². The van der Waals surface area contributed by atoms with Crippen LogP contribution in [0.15, 0.2) is 24.5 Å². The number of anilines is 1. The van der Waals surface area contributed by atoms with Crippen LogP contribution in [0.5, 0.6) is 0 Å². The number of nitrogens with zero attached hydrogens (tertiary/aromatic N) is 4. The smallest absolute Gasteiger partial charge is 0.303 e. The maximum atomic E-state index is 12.2. The first-order chi connectivity index (χ1) is 13.3. The standard InChI is InChI=1S/C20H26N4O4/c1-14-10-17(15-11-21-8-6-16(15)22-14)24-9-3-7-20(28,13-24)12-23(2)18(25)4-5-19(26)27/h6,8,10-11,28H,3-5,7,9,12-13H2,1-2H3,(H,26,27). The number of aliphatic carboxylic acids is 1. The highest BCUT2D eigenvalue weighted by Gasteiger charge is 2.36. The Morgan fingerprint density at radius 2 is 2.14 bits per heavy atom. The molecule has 0 radical (unpaired) electrons. The molecule has 0 saturated carbocycles. The number of carbonyl (C=O) groups is 2. The monoisotopic (exact) mass is 386 g/mol. The van der Waals surface area contributed by atoms with Crippen LogP contribution in [-0.2, 0) is 9.59 Å². The van der Waals surface area contributed by atoms with Crippen LogP contribution in [0.4, 0.5) is 5.69 Å². The van der Waals surface area contributed by atoms with E-state index in [1.807, 2.05) is 19.1 Å². The summed E-state index contributed by atoms with van der Waals surface area (Å²) in [6.45, 7) is 3.29. The predicted octanol–water partition coefficient (Wildman–Crippen LogP) is 1.59. The Morgan fingerprint density at radius 3 is 2.89 bits per heavy atom. The Bertz CT molecular complexity index is 888. The molecule has 1 aliphatic rings. The quantitative estimate of drug-likeness (QED) is 0.776. The average molecular weight is 386 g/mol. The van der Waals surface area contributed by atoms with Crippen LogP contribution in [0.2, 0.25) is 0 Å². The normalized spacial score (nSPS) is 19.6. The van der Waals surface area contributed by atoms with Crippen LogP contribution in [0, 0.1) is 6.92 Å². The molecule has 1 atom stereocenters. The summed E-state index contributed by atoms with van der Waals surface area (Å²) >= 11 is 0. The highest BCUT2D eigenvalue weighted by atomic mass is 16.4. The number of piperidine rings is 1. The molecular formula is C20H26N4O4. The van der Waals surface area contributed by atoms with Gasteiger partial charge in [-0.2, -0.15) is 0 Å². The fourth-order valence-corrected chi connectivity index (χ4v) is 3.82. The van der Waals surface area contributed by atoms with Gasteiger partial charge in [0.15, 0.2) is 0 Å². The largest absolute Gasteiger partial charge is 0.481 e. The molecule has 0 bridgehead atoms. The van der Waals surface area contributed by atoms with E-state index in [2.05, 4.69) is 14.9 Å². The molecular weight excluding hydrogens is 360 g/mol. The number of hydrogen-bond acceptors (Lipinski definition) is 6. The lowest BCUT2D eigenvalue weighted by atomic mass is 9.91. The summed E-state index contributed by atoms with van der Waals surface area (Å²) in [6, 6.07) is 3.87. The van der Waals surface area contributed by atoms with Gasteiger partial charge in [0.2, 0.25) is 5.91 Å². The number of rotatable bonds is 6. The zero-order valence-electron chi connectivity index (χ0n) is 16.3. The molecule has 1 saturated heterocycles.